The third kappa shape index (κ3) is 13.2. The van der Waals surface area contributed by atoms with E-state index in [2.05, 4.69) is 0 Å². The van der Waals surface area contributed by atoms with Crippen LogP contribution in [0, 0.1) is 35.5 Å². The molecule has 0 aromatic carbocycles. The molecular formula is C45H73NO14. The molecule has 0 saturated carbocycles. The molecule has 3 aliphatic heterocycles. The molecule has 2 saturated heterocycles. The van der Waals surface area contributed by atoms with Crippen LogP contribution in [0.4, 0.5) is 4.79 Å². The maximum Gasteiger partial charge on any atom is 0.404 e. The first-order valence-electron chi connectivity index (χ1n) is 21.1. The van der Waals surface area contributed by atoms with Crippen molar-refractivity contribution in [2.45, 2.75) is 162 Å². The average molecular weight is 852 g/mol. The molecule has 18 atom stereocenters. The molecule has 15 heteroatoms. The topological polar surface area (TPSA) is 226 Å². The van der Waals surface area contributed by atoms with Crippen molar-refractivity contribution in [3.63, 3.8) is 0 Å². The molecule has 0 aromatic heterocycles. The SMILES string of the molecule is C/C=C/[C@H]1O[C@@](O)([C@@H](C)[C@H](O)[C@H](C)C2OC(=O)/C(OC)=C/C(C)=C/[C@@H](C)[C@@H](O)[C@@H](C)[C@@H](O)[C@H](C)C/C(C)=C/C=C/[C@@H]2OC)C[C@@H](O[C@H]2C[C@@H](O)[C@H](OC(N)=O)[C@@H](C)O2)[C@@H]1C. The standard InChI is InChI=1S/C45H73NO14/c1-13-15-33-27(6)36(57-37-21-32(47)42(31(10)56-37)59-44(46)52)22-45(53,60-33)30(9)40(50)29(8)41-34(54-11)17-14-16-23(2)18-25(4)38(48)28(7)39(49)26(5)19-24(3)20-35(55-12)43(51)58-41/h13-17,19-20,25-34,36-42,47-50,53H,18,21-22H2,1-12H3,(H2,46,52)/b15-13+,17-14+,23-16+,24-19+,35-20-/t25-,26-,27-,28+,29+,30+,31-,32-,33-,34+,36-,37+,38+,39-,40-,41?,42-,45-/m1/s1. The van der Waals surface area contributed by atoms with Crippen LogP contribution in [0.3, 0.4) is 0 Å². The summed E-state index contributed by atoms with van der Waals surface area (Å²) in [6.07, 6.45) is 1.54. The maximum atomic E-state index is 13.9. The fourth-order valence-corrected chi connectivity index (χ4v) is 8.64. The van der Waals surface area contributed by atoms with Crippen molar-refractivity contribution in [1.29, 1.82) is 0 Å². The largest absolute Gasteiger partial charge is 0.490 e. The van der Waals surface area contributed by atoms with E-state index in [1.54, 1.807) is 58.1 Å². The second kappa shape index (κ2) is 22.8. The fraction of sp³-hybridized carbons (Fsp3) is 0.733. The summed E-state index contributed by atoms with van der Waals surface area (Å²) in [6.45, 7) is 18.0. The Bertz CT molecular complexity index is 1550. The number of nitrogens with two attached hydrogens (primary N) is 1. The summed E-state index contributed by atoms with van der Waals surface area (Å²) in [4.78, 5) is 25.3. The molecule has 1 amide bonds. The average Bonchev–Trinajstić information content (AvgIpc) is 3.18. The molecule has 3 aliphatic rings. The molecule has 0 spiro atoms. The van der Waals surface area contributed by atoms with Crippen LogP contribution in [0.1, 0.15) is 88.5 Å². The van der Waals surface area contributed by atoms with E-state index in [1.807, 2.05) is 47.6 Å². The molecular weight excluding hydrogens is 778 g/mol. The van der Waals surface area contributed by atoms with Gasteiger partial charge in [-0.05, 0) is 46.1 Å². The van der Waals surface area contributed by atoms with Crippen LogP contribution >= 0.6 is 0 Å². The number of hydrogen-bond acceptors (Lipinski definition) is 14. The summed E-state index contributed by atoms with van der Waals surface area (Å²) >= 11 is 0. The number of esters is 1. The Hall–Kier alpha value is -3.12. The summed E-state index contributed by atoms with van der Waals surface area (Å²) in [7, 11) is 2.80. The Morgan fingerprint density at radius 1 is 1.05 bits per heavy atom. The van der Waals surface area contributed by atoms with Gasteiger partial charge in [-0.1, -0.05) is 89.1 Å². The predicted molar refractivity (Wildman–Crippen MR) is 224 cm³/mol. The summed E-state index contributed by atoms with van der Waals surface area (Å²) < 4.78 is 41.3. The predicted octanol–water partition coefficient (Wildman–Crippen LogP) is 4.59. The van der Waals surface area contributed by atoms with Crippen molar-refractivity contribution >= 4 is 12.1 Å². The number of allylic oxidation sites excluding steroid dienone is 6. The number of primary amides is 1. The highest BCUT2D eigenvalue weighted by atomic mass is 16.7. The molecule has 3 rings (SSSR count). The molecule has 0 bridgehead atoms. The van der Waals surface area contributed by atoms with Gasteiger partial charge in [-0.2, -0.15) is 0 Å². The molecule has 15 nitrogen and oxygen atoms in total. The molecule has 0 radical (unpaired) electrons. The lowest BCUT2D eigenvalue weighted by atomic mass is 9.77. The van der Waals surface area contributed by atoms with E-state index in [4.69, 9.17) is 38.9 Å². The monoisotopic (exact) mass is 852 g/mol. The fourth-order valence-electron chi connectivity index (χ4n) is 8.64. The van der Waals surface area contributed by atoms with Crippen LogP contribution < -0.4 is 5.73 Å². The van der Waals surface area contributed by atoms with Crippen LogP contribution in [0.5, 0.6) is 0 Å². The van der Waals surface area contributed by atoms with Gasteiger partial charge < -0.3 is 64.4 Å². The second-order valence-corrected chi connectivity index (χ2v) is 17.3. The van der Waals surface area contributed by atoms with Crippen molar-refractivity contribution in [3.8, 4) is 0 Å². The van der Waals surface area contributed by atoms with Crippen molar-refractivity contribution in [2.24, 2.45) is 41.2 Å². The number of aliphatic hydroxyl groups is 5. The van der Waals surface area contributed by atoms with E-state index in [9.17, 15) is 35.1 Å². The number of carbonyl (C=O) groups excluding carboxylic acids is 2. The van der Waals surface area contributed by atoms with E-state index in [0.717, 1.165) is 5.57 Å². The maximum absolute atomic E-state index is 13.9. The van der Waals surface area contributed by atoms with Crippen molar-refractivity contribution < 1.29 is 68.3 Å². The molecule has 0 aliphatic carbocycles. The molecule has 342 valence electrons. The quantitative estimate of drug-likeness (QED) is 0.131. The molecule has 0 aromatic rings. The van der Waals surface area contributed by atoms with Gasteiger partial charge in [-0.3, -0.25) is 0 Å². The first-order chi connectivity index (χ1) is 28.1. The number of amides is 1. The molecule has 2 fully saturated rings. The minimum atomic E-state index is -1.97. The molecule has 3 heterocycles. The van der Waals surface area contributed by atoms with Gasteiger partial charge in [0.25, 0.3) is 0 Å². The number of carbonyl (C=O) groups is 2. The highest BCUT2D eigenvalue weighted by Gasteiger charge is 2.52. The number of rotatable bonds is 10. The van der Waals surface area contributed by atoms with Crippen LogP contribution in [-0.2, 0) is 38.0 Å². The first kappa shape index (κ1) is 51.2. The molecule has 60 heavy (non-hydrogen) atoms. The second-order valence-electron chi connectivity index (χ2n) is 17.3. The van der Waals surface area contributed by atoms with Gasteiger partial charge in [0, 0.05) is 49.5 Å². The molecule has 7 N–H and O–H groups in total. The van der Waals surface area contributed by atoms with E-state index in [0.29, 0.717) is 12.0 Å². The van der Waals surface area contributed by atoms with Gasteiger partial charge in [0.15, 0.2) is 18.2 Å². The van der Waals surface area contributed by atoms with Gasteiger partial charge in [-0.25, -0.2) is 9.59 Å². The summed E-state index contributed by atoms with van der Waals surface area (Å²) in [5, 5.41) is 57.6. The third-order valence-corrected chi connectivity index (χ3v) is 12.5. The van der Waals surface area contributed by atoms with Gasteiger partial charge in [0.1, 0.15) is 12.2 Å². The Morgan fingerprint density at radius 2 is 1.72 bits per heavy atom. The lowest BCUT2D eigenvalue weighted by Gasteiger charge is -2.49. The Morgan fingerprint density at radius 3 is 2.30 bits per heavy atom. The number of cyclic esters (lactones) is 1. The van der Waals surface area contributed by atoms with E-state index >= 15 is 0 Å². The minimum Gasteiger partial charge on any atom is -0.490 e. The zero-order chi connectivity index (χ0) is 45.2. The van der Waals surface area contributed by atoms with Crippen molar-refractivity contribution in [2.75, 3.05) is 14.2 Å². The lowest BCUT2D eigenvalue weighted by molar-refractivity contribution is -0.338. The number of methoxy groups -OCH3 is 2. The van der Waals surface area contributed by atoms with Crippen LogP contribution in [-0.4, -0.2) is 125 Å². The lowest BCUT2D eigenvalue weighted by Crippen LogP contribution is -2.59. The number of hydrogen-bond donors (Lipinski definition) is 6. The van der Waals surface area contributed by atoms with Gasteiger partial charge in [0.2, 0.25) is 5.76 Å². The zero-order valence-corrected chi connectivity index (χ0v) is 37.5. The van der Waals surface area contributed by atoms with Crippen LogP contribution in [0.15, 0.2) is 59.4 Å². The third-order valence-electron chi connectivity index (χ3n) is 12.5. The normalized spacial score (nSPS) is 42.7. The van der Waals surface area contributed by atoms with Crippen LogP contribution in [0.2, 0.25) is 0 Å². The van der Waals surface area contributed by atoms with E-state index < -0.39 is 103 Å². The van der Waals surface area contributed by atoms with Gasteiger partial charge in [0.05, 0.1) is 49.8 Å². The van der Waals surface area contributed by atoms with Crippen molar-refractivity contribution in [1.82, 2.24) is 0 Å². The van der Waals surface area contributed by atoms with Gasteiger partial charge >= 0.3 is 12.1 Å². The number of ether oxygens (including phenoxy) is 7. The summed E-state index contributed by atoms with van der Waals surface area (Å²) in [5.74, 6) is -6.06. The Labute approximate surface area is 356 Å². The Balaban J connectivity index is 1.99. The Kier molecular flexibility index (Phi) is 19.5. The minimum absolute atomic E-state index is 0.0314. The van der Waals surface area contributed by atoms with E-state index in [-0.39, 0.29) is 36.4 Å². The van der Waals surface area contributed by atoms with Crippen molar-refractivity contribution in [3.05, 3.63) is 59.4 Å². The highest BCUT2D eigenvalue weighted by molar-refractivity contribution is 5.87. The zero-order valence-electron chi connectivity index (χ0n) is 37.5. The van der Waals surface area contributed by atoms with E-state index in [1.165, 1.54) is 20.3 Å². The number of aliphatic hydroxyl groups excluding tert-OH is 4. The van der Waals surface area contributed by atoms with Gasteiger partial charge in [-0.15, -0.1) is 0 Å². The molecule has 1 unspecified atom stereocenters. The summed E-state index contributed by atoms with van der Waals surface area (Å²) in [5.41, 5.74) is 6.76. The first-order valence-corrected chi connectivity index (χ1v) is 21.1. The smallest absolute Gasteiger partial charge is 0.404 e. The highest BCUT2D eigenvalue weighted by Crippen LogP contribution is 2.42. The van der Waals surface area contributed by atoms with Crippen LogP contribution in [0.25, 0.3) is 0 Å². The summed E-state index contributed by atoms with van der Waals surface area (Å²) in [6, 6.07) is 0.